The minimum atomic E-state index is -3.99. The summed E-state index contributed by atoms with van der Waals surface area (Å²) in [5.74, 6) is -0.180. The zero-order valence-corrected chi connectivity index (χ0v) is 19.4. The second-order valence-electron chi connectivity index (χ2n) is 8.03. The Labute approximate surface area is 192 Å². The van der Waals surface area contributed by atoms with E-state index in [1.807, 2.05) is 19.9 Å². The smallest absolute Gasteiger partial charge is 0.268 e. The molecule has 0 saturated carbocycles. The van der Waals surface area contributed by atoms with Crippen molar-refractivity contribution < 1.29 is 22.4 Å². The van der Waals surface area contributed by atoms with Gasteiger partial charge in [0.05, 0.1) is 19.4 Å². The Morgan fingerprint density at radius 1 is 1.00 bits per heavy atom. The molecule has 1 aliphatic heterocycles. The Kier molecular flexibility index (Phi) is 5.95. The summed E-state index contributed by atoms with van der Waals surface area (Å²) in [4.78, 5) is 25.2. The molecule has 0 unspecified atom stereocenters. The number of benzene rings is 2. The Morgan fingerprint density at radius 3 is 2.36 bits per heavy atom. The minimum absolute atomic E-state index is 0.0459. The number of carbonyl (C=O) groups is 2. The van der Waals surface area contributed by atoms with Crippen molar-refractivity contribution in [1.29, 1.82) is 0 Å². The van der Waals surface area contributed by atoms with Gasteiger partial charge in [0.15, 0.2) is 0 Å². The molecule has 0 saturated heterocycles. The summed E-state index contributed by atoms with van der Waals surface area (Å²) in [7, 11) is -3.99. The van der Waals surface area contributed by atoms with Crippen LogP contribution >= 0.6 is 0 Å². The van der Waals surface area contributed by atoms with Gasteiger partial charge in [0.25, 0.3) is 21.8 Å². The Bertz CT molecular complexity index is 1350. The monoisotopic (exact) mass is 464 g/mol. The lowest BCUT2D eigenvalue weighted by Crippen LogP contribution is -2.31. The molecule has 1 aliphatic rings. The van der Waals surface area contributed by atoms with Gasteiger partial charge in [-0.15, -0.1) is 0 Å². The highest BCUT2D eigenvalue weighted by Gasteiger charge is 2.42. The van der Waals surface area contributed by atoms with E-state index in [1.54, 1.807) is 48.5 Å². The molecule has 0 fully saturated rings. The van der Waals surface area contributed by atoms with Crippen LogP contribution in [-0.4, -0.2) is 24.5 Å². The second-order valence-corrected chi connectivity index (χ2v) is 9.83. The molecule has 1 N–H and O–H groups in total. The quantitative estimate of drug-likeness (QED) is 0.596. The number of furan rings is 1. The number of carbonyl (C=O) groups excluding carboxylic acids is 2. The molecular weight excluding hydrogens is 440 g/mol. The van der Waals surface area contributed by atoms with Gasteiger partial charge in [-0.05, 0) is 67.3 Å². The number of hydrogen-bond acceptors (Lipinski definition) is 5. The first-order valence-electron chi connectivity index (χ1n) is 10.4. The molecule has 4 rings (SSSR count). The summed E-state index contributed by atoms with van der Waals surface area (Å²) >= 11 is 0. The van der Waals surface area contributed by atoms with Crippen LogP contribution in [0.25, 0.3) is 4.91 Å². The van der Waals surface area contributed by atoms with Gasteiger partial charge in [0, 0.05) is 11.1 Å². The number of aryl methyl sites for hydroxylation is 2. The van der Waals surface area contributed by atoms with Gasteiger partial charge in [0.1, 0.15) is 10.7 Å². The molecule has 0 bridgehead atoms. The lowest BCUT2D eigenvalue weighted by molar-refractivity contribution is -0.122. The van der Waals surface area contributed by atoms with Crippen molar-refractivity contribution in [3.8, 4) is 0 Å². The molecule has 0 spiro atoms. The minimum Gasteiger partial charge on any atom is -0.467 e. The zero-order valence-electron chi connectivity index (χ0n) is 18.6. The fourth-order valence-corrected chi connectivity index (χ4v) is 5.51. The lowest BCUT2D eigenvalue weighted by atomic mass is 10.0. The van der Waals surface area contributed by atoms with E-state index >= 15 is 0 Å². The Morgan fingerprint density at radius 2 is 1.73 bits per heavy atom. The summed E-state index contributed by atoms with van der Waals surface area (Å²) in [6, 6.07) is 15.4. The summed E-state index contributed by atoms with van der Waals surface area (Å²) in [5, 5.41) is 2.75. The second kappa shape index (κ2) is 8.71. The number of rotatable bonds is 6. The first kappa shape index (κ1) is 22.5. The van der Waals surface area contributed by atoms with Crippen LogP contribution in [0.3, 0.4) is 0 Å². The van der Waals surface area contributed by atoms with Crippen LogP contribution in [-0.2, 0) is 27.9 Å². The van der Waals surface area contributed by atoms with Crippen molar-refractivity contribution in [2.45, 2.75) is 33.9 Å². The van der Waals surface area contributed by atoms with Gasteiger partial charge < -0.3 is 9.73 Å². The molecule has 33 heavy (non-hydrogen) atoms. The van der Waals surface area contributed by atoms with Crippen LogP contribution in [0.1, 0.15) is 45.3 Å². The van der Waals surface area contributed by atoms with E-state index in [0.29, 0.717) is 22.5 Å². The SMILES string of the molecule is CC1=C(c2ccc(C)c(C)c2)S(=O)(=O)N(Cc2ccc(C(=O)NCc3ccco3)cc2)C1=O. The first-order valence-corrected chi connectivity index (χ1v) is 11.9. The molecule has 1 aromatic heterocycles. The fraction of sp³-hybridized carbons (Fsp3) is 0.200. The summed E-state index contributed by atoms with van der Waals surface area (Å²) in [6.07, 6.45) is 1.53. The molecule has 8 heteroatoms. The molecular formula is C25H24N2O5S. The number of amides is 2. The van der Waals surface area contributed by atoms with Gasteiger partial charge in [-0.2, -0.15) is 0 Å². The molecule has 3 aromatic rings. The number of nitrogens with one attached hydrogen (secondary N) is 1. The molecule has 7 nitrogen and oxygen atoms in total. The van der Waals surface area contributed by atoms with Crippen molar-refractivity contribution in [2.75, 3.05) is 0 Å². The third-order valence-corrected chi connectivity index (χ3v) is 7.68. The highest BCUT2D eigenvalue weighted by Crippen LogP contribution is 2.37. The van der Waals surface area contributed by atoms with Crippen LogP contribution in [0, 0.1) is 13.8 Å². The maximum Gasteiger partial charge on any atom is 0.268 e. The number of hydrogen-bond donors (Lipinski definition) is 1. The highest BCUT2D eigenvalue weighted by molar-refractivity contribution is 7.99. The van der Waals surface area contributed by atoms with E-state index in [9.17, 15) is 18.0 Å². The van der Waals surface area contributed by atoms with E-state index in [0.717, 1.165) is 15.4 Å². The van der Waals surface area contributed by atoms with Crippen molar-refractivity contribution >= 4 is 26.7 Å². The molecule has 0 atom stereocenters. The van der Waals surface area contributed by atoms with Gasteiger partial charge in [-0.25, -0.2) is 12.7 Å². The summed E-state index contributed by atoms with van der Waals surface area (Å²) in [5.41, 5.74) is 3.73. The molecule has 2 amide bonds. The van der Waals surface area contributed by atoms with Crippen LogP contribution < -0.4 is 5.32 Å². The van der Waals surface area contributed by atoms with Gasteiger partial charge in [-0.1, -0.05) is 30.3 Å². The maximum atomic E-state index is 13.3. The van der Waals surface area contributed by atoms with E-state index in [1.165, 1.54) is 13.2 Å². The van der Waals surface area contributed by atoms with Gasteiger partial charge in [0.2, 0.25) is 0 Å². The summed E-state index contributed by atoms with van der Waals surface area (Å²) in [6.45, 7) is 5.54. The zero-order chi connectivity index (χ0) is 23.8. The average Bonchev–Trinajstić information content (AvgIpc) is 3.36. The average molecular weight is 465 g/mol. The van der Waals surface area contributed by atoms with Crippen molar-refractivity contribution in [1.82, 2.24) is 9.62 Å². The topological polar surface area (TPSA) is 96.7 Å². The van der Waals surface area contributed by atoms with Crippen molar-refractivity contribution in [2.24, 2.45) is 0 Å². The lowest BCUT2D eigenvalue weighted by Gasteiger charge is -2.17. The molecule has 2 aromatic carbocycles. The third kappa shape index (κ3) is 4.34. The predicted octanol–water partition coefficient (Wildman–Crippen LogP) is 3.93. The highest BCUT2D eigenvalue weighted by atomic mass is 32.2. The number of nitrogens with zero attached hydrogens (tertiary/aromatic N) is 1. The standard InChI is InChI=1S/C25H24N2O5S/c1-16-6-9-21(13-17(16)2)23-18(3)25(29)27(33(23,30)31)15-19-7-10-20(11-8-19)24(28)26-14-22-5-4-12-32-22/h4-13H,14-15H2,1-3H3,(H,26,28). The van der Waals surface area contributed by atoms with E-state index in [-0.39, 0.29) is 29.5 Å². The van der Waals surface area contributed by atoms with Crippen LogP contribution in [0.15, 0.2) is 70.9 Å². The molecule has 2 heterocycles. The van der Waals surface area contributed by atoms with Gasteiger partial charge >= 0.3 is 0 Å². The van der Waals surface area contributed by atoms with Crippen LogP contribution in [0.4, 0.5) is 0 Å². The van der Waals surface area contributed by atoms with Crippen molar-refractivity contribution in [3.05, 3.63) is 100 Å². The normalized spacial score (nSPS) is 15.2. The maximum absolute atomic E-state index is 13.3. The number of sulfonamides is 1. The van der Waals surface area contributed by atoms with Crippen molar-refractivity contribution in [3.63, 3.8) is 0 Å². The first-order chi connectivity index (χ1) is 15.7. The van der Waals surface area contributed by atoms with E-state index in [2.05, 4.69) is 5.32 Å². The molecule has 170 valence electrons. The summed E-state index contributed by atoms with van der Waals surface area (Å²) < 4.78 is 32.6. The molecule has 0 radical (unpaired) electrons. The van der Waals surface area contributed by atoms with Crippen LogP contribution in [0.5, 0.6) is 0 Å². The van der Waals surface area contributed by atoms with E-state index < -0.39 is 15.9 Å². The fourth-order valence-electron chi connectivity index (χ4n) is 3.71. The van der Waals surface area contributed by atoms with Gasteiger partial charge in [-0.3, -0.25) is 9.59 Å². The van der Waals surface area contributed by atoms with E-state index in [4.69, 9.17) is 4.42 Å². The van der Waals surface area contributed by atoms with Crippen LogP contribution in [0.2, 0.25) is 0 Å². The molecule has 0 aliphatic carbocycles. The Balaban J connectivity index is 1.50. The largest absolute Gasteiger partial charge is 0.467 e. The third-order valence-electron chi connectivity index (χ3n) is 5.75. The predicted molar refractivity (Wildman–Crippen MR) is 124 cm³/mol. The Hall–Kier alpha value is -3.65.